The highest BCUT2D eigenvalue weighted by Gasteiger charge is 2.29. The molecule has 0 saturated carbocycles. The highest BCUT2D eigenvalue weighted by molar-refractivity contribution is 7.92. The number of sulfonamides is 1. The second-order valence-corrected chi connectivity index (χ2v) is 8.75. The molecule has 2 aromatic carbocycles. The van der Waals surface area contributed by atoms with Gasteiger partial charge in [-0.05, 0) is 50.6 Å². The van der Waals surface area contributed by atoms with Crippen LogP contribution in [-0.4, -0.2) is 40.6 Å². The highest BCUT2D eigenvalue weighted by Crippen LogP contribution is 2.31. The molecule has 0 aliphatic rings. The fourth-order valence-corrected chi connectivity index (χ4v) is 4.48. The zero-order valence-electron chi connectivity index (χ0n) is 17.1. The molecule has 0 spiro atoms. The predicted molar refractivity (Wildman–Crippen MR) is 114 cm³/mol. The normalized spacial score (nSPS) is 11.1. The van der Waals surface area contributed by atoms with E-state index in [0.29, 0.717) is 0 Å². The van der Waals surface area contributed by atoms with Crippen LogP contribution in [0.4, 0.5) is 5.69 Å². The summed E-state index contributed by atoms with van der Waals surface area (Å²) in [6.07, 6.45) is 0.221. The summed E-state index contributed by atoms with van der Waals surface area (Å²) in [7, 11) is -2.84. The molecule has 2 rings (SSSR count). The van der Waals surface area contributed by atoms with Crippen LogP contribution in [0.25, 0.3) is 0 Å². The summed E-state index contributed by atoms with van der Waals surface area (Å²) in [6.45, 7) is 3.73. The van der Waals surface area contributed by atoms with E-state index in [1.807, 2.05) is 6.92 Å². The van der Waals surface area contributed by atoms with Crippen LogP contribution in [0, 0.1) is 6.92 Å². The molecule has 30 heavy (non-hydrogen) atoms. The molecule has 0 amide bonds. The molecule has 2 aromatic rings. The second-order valence-electron chi connectivity index (χ2n) is 6.45. The third-order valence-electron chi connectivity index (χ3n) is 4.29. The summed E-state index contributed by atoms with van der Waals surface area (Å²) in [5.74, 6) is -1.12. The topological polar surface area (TPSA) is 90.0 Å². The number of benzene rings is 2. The van der Waals surface area contributed by atoms with E-state index in [1.165, 1.54) is 37.4 Å². The molecular weight excluding hydrogens is 430 g/mol. The Morgan fingerprint density at radius 2 is 1.77 bits per heavy atom. The quantitative estimate of drug-likeness (QED) is 0.533. The molecule has 0 aliphatic carbocycles. The van der Waals surface area contributed by atoms with Crippen molar-refractivity contribution in [2.24, 2.45) is 0 Å². The van der Waals surface area contributed by atoms with Crippen molar-refractivity contribution in [2.75, 3.05) is 24.6 Å². The summed E-state index contributed by atoms with van der Waals surface area (Å²) in [6, 6.07) is 10.6. The van der Waals surface area contributed by atoms with Gasteiger partial charge in [-0.25, -0.2) is 13.2 Å². The van der Waals surface area contributed by atoms with E-state index in [1.54, 1.807) is 19.1 Å². The van der Waals surface area contributed by atoms with Crippen LogP contribution in [0.2, 0.25) is 5.02 Å². The summed E-state index contributed by atoms with van der Waals surface area (Å²) < 4.78 is 37.7. The first kappa shape index (κ1) is 23.7. The molecule has 0 fully saturated rings. The number of anilines is 1. The molecule has 0 aromatic heterocycles. The second kappa shape index (κ2) is 10.4. The van der Waals surface area contributed by atoms with Gasteiger partial charge in [0.15, 0.2) is 0 Å². The minimum Gasteiger partial charge on any atom is -0.466 e. The Kier molecular flexibility index (Phi) is 8.25. The van der Waals surface area contributed by atoms with Gasteiger partial charge in [-0.2, -0.15) is 0 Å². The van der Waals surface area contributed by atoms with E-state index < -0.39 is 22.0 Å². The van der Waals surface area contributed by atoms with Gasteiger partial charge in [0, 0.05) is 18.0 Å². The minimum atomic E-state index is -4.05. The largest absolute Gasteiger partial charge is 0.466 e. The Morgan fingerprint density at radius 1 is 1.10 bits per heavy atom. The van der Waals surface area contributed by atoms with Crippen molar-refractivity contribution in [3.63, 3.8) is 0 Å². The molecule has 0 N–H and O–H groups in total. The number of esters is 2. The smallest absolute Gasteiger partial charge is 0.340 e. The molecule has 162 valence electrons. The van der Waals surface area contributed by atoms with Crippen LogP contribution in [0.1, 0.15) is 35.7 Å². The Morgan fingerprint density at radius 3 is 2.37 bits per heavy atom. The maximum Gasteiger partial charge on any atom is 0.340 e. The van der Waals surface area contributed by atoms with Crippen LogP contribution >= 0.6 is 11.6 Å². The summed E-state index contributed by atoms with van der Waals surface area (Å²) in [5, 5.41) is 0.257. The van der Waals surface area contributed by atoms with Crippen molar-refractivity contribution < 1.29 is 27.5 Å². The molecule has 0 atom stereocenters. The molecule has 7 nitrogen and oxygen atoms in total. The molecule has 9 heteroatoms. The van der Waals surface area contributed by atoms with Gasteiger partial charge in [0.1, 0.15) is 0 Å². The average Bonchev–Trinajstić information content (AvgIpc) is 2.71. The van der Waals surface area contributed by atoms with Crippen molar-refractivity contribution in [2.45, 2.75) is 31.6 Å². The number of nitrogens with zero attached hydrogens (tertiary/aromatic N) is 1. The van der Waals surface area contributed by atoms with E-state index in [0.717, 1.165) is 9.87 Å². The summed E-state index contributed by atoms with van der Waals surface area (Å²) in [5.41, 5.74) is 1.04. The van der Waals surface area contributed by atoms with Crippen LogP contribution in [0.3, 0.4) is 0 Å². The number of aryl methyl sites for hydroxylation is 1. The summed E-state index contributed by atoms with van der Waals surface area (Å²) >= 11 is 6.10. The first-order chi connectivity index (χ1) is 14.2. The maximum atomic E-state index is 13.4. The Hall–Kier alpha value is -2.58. The number of halogens is 1. The van der Waals surface area contributed by atoms with E-state index in [2.05, 4.69) is 0 Å². The van der Waals surface area contributed by atoms with Crippen molar-refractivity contribution in [3.05, 3.63) is 58.6 Å². The molecule has 0 unspecified atom stereocenters. The number of hydrogen-bond donors (Lipinski definition) is 0. The number of methoxy groups -OCH3 is 1. The SMILES string of the molecule is CCOC(=O)CCCN(c1cc(Cl)ccc1C(=O)OC)S(=O)(=O)c1ccc(C)cc1. The van der Waals surface area contributed by atoms with Gasteiger partial charge in [0.05, 0.1) is 29.9 Å². The molecule has 0 bridgehead atoms. The van der Waals surface area contributed by atoms with E-state index in [-0.39, 0.29) is 47.2 Å². The third kappa shape index (κ3) is 5.73. The lowest BCUT2D eigenvalue weighted by molar-refractivity contribution is -0.143. The van der Waals surface area contributed by atoms with E-state index in [4.69, 9.17) is 21.1 Å². The standard InChI is InChI=1S/C21H24ClNO6S/c1-4-29-20(24)6-5-13-23(30(26,27)17-10-7-15(2)8-11-17)19-14-16(22)9-12-18(19)21(25)28-3/h7-12,14H,4-6,13H2,1-3H3. The molecule has 0 aliphatic heterocycles. The highest BCUT2D eigenvalue weighted by atomic mass is 35.5. The number of carbonyl (C=O) groups is 2. The zero-order valence-corrected chi connectivity index (χ0v) is 18.6. The monoisotopic (exact) mass is 453 g/mol. The average molecular weight is 454 g/mol. The zero-order chi connectivity index (χ0) is 22.3. The van der Waals surface area contributed by atoms with Gasteiger partial charge in [-0.15, -0.1) is 0 Å². The van der Waals surface area contributed by atoms with Crippen molar-refractivity contribution in [3.8, 4) is 0 Å². The van der Waals surface area contributed by atoms with Crippen LogP contribution in [0.5, 0.6) is 0 Å². The molecule has 0 heterocycles. The fourth-order valence-electron chi connectivity index (χ4n) is 2.80. The number of ether oxygens (including phenoxy) is 2. The molecule has 0 saturated heterocycles. The van der Waals surface area contributed by atoms with E-state index >= 15 is 0 Å². The summed E-state index contributed by atoms with van der Waals surface area (Å²) in [4.78, 5) is 24.0. The Bertz CT molecular complexity index is 1000. The number of rotatable bonds is 9. The van der Waals surface area contributed by atoms with Gasteiger partial charge < -0.3 is 9.47 Å². The predicted octanol–water partition coefficient (Wildman–Crippen LogP) is 3.97. The third-order valence-corrected chi connectivity index (χ3v) is 6.35. The lowest BCUT2D eigenvalue weighted by Crippen LogP contribution is -2.33. The Labute approximate surface area is 181 Å². The maximum absolute atomic E-state index is 13.4. The number of carbonyl (C=O) groups excluding carboxylic acids is 2. The minimum absolute atomic E-state index is 0.0296. The van der Waals surface area contributed by atoms with Crippen molar-refractivity contribution in [1.82, 2.24) is 0 Å². The van der Waals surface area contributed by atoms with Gasteiger partial charge >= 0.3 is 11.9 Å². The number of hydrogen-bond acceptors (Lipinski definition) is 6. The Balaban J connectivity index is 2.51. The van der Waals surface area contributed by atoms with E-state index in [9.17, 15) is 18.0 Å². The van der Waals surface area contributed by atoms with Gasteiger partial charge in [-0.3, -0.25) is 9.10 Å². The van der Waals surface area contributed by atoms with Crippen LogP contribution < -0.4 is 4.31 Å². The lowest BCUT2D eigenvalue weighted by atomic mass is 10.1. The lowest BCUT2D eigenvalue weighted by Gasteiger charge is -2.26. The van der Waals surface area contributed by atoms with Crippen molar-refractivity contribution >= 4 is 39.3 Å². The van der Waals surface area contributed by atoms with Gasteiger partial charge in [-0.1, -0.05) is 29.3 Å². The van der Waals surface area contributed by atoms with Crippen molar-refractivity contribution in [1.29, 1.82) is 0 Å². The fraction of sp³-hybridized carbons (Fsp3) is 0.333. The molecular formula is C21H24ClNO6S. The van der Waals surface area contributed by atoms with Crippen LogP contribution in [0.15, 0.2) is 47.4 Å². The molecule has 0 radical (unpaired) electrons. The van der Waals surface area contributed by atoms with Crippen LogP contribution in [-0.2, 0) is 24.3 Å². The van der Waals surface area contributed by atoms with Gasteiger partial charge in [0.25, 0.3) is 10.0 Å². The van der Waals surface area contributed by atoms with Gasteiger partial charge in [0.2, 0.25) is 0 Å². The first-order valence-electron chi connectivity index (χ1n) is 9.33. The first-order valence-corrected chi connectivity index (χ1v) is 11.2.